The van der Waals surface area contributed by atoms with Gasteiger partial charge in [-0.2, -0.15) is 13.2 Å². The van der Waals surface area contributed by atoms with Gasteiger partial charge in [0.05, 0.1) is 24.7 Å². The fourth-order valence-electron chi connectivity index (χ4n) is 4.51. The lowest BCUT2D eigenvalue weighted by Gasteiger charge is -2.25. The fourth-order valence-corrected chi connectivity index (χ4v) is 5.43. The summed E-state index contributed by atoms with van der Waals surface area (Å²) in [5.41, 5.74) is 2.81. The second kappa shape index (κ2) is 13.0. The number of rotatable bonds is 10. The van der Waals surface area contributed by atoms with E-state index in [1.54, 1.807) is 18.4 Å². The Morgan fingerprint density at radius 3 is 2.27 bits per heavy atom. The molecule has 1 aliphatic heterocycles. The van der Waals surface area contributed by atoms with Gasteiger partial charge in [-0.05, 0) is 61.5 Å². The molecule has 0 aliphatic carbocycles. The van der Waals surface area contributed by atoms with Crippen molar-refractivity contribution in [3.05, 3.63) is 81.5 Å². The molecule has 0 spiro atoms. The van der Waals surface area contributed by atoms with Gasteiger partial charge >= 0.3 is 6.18 Å². The van der Waals surface area contributed by atoms with Crippen LogP contribution >= 0.6 is 11.3 Å². The predicted octanol–water partition coefficient (Wildman–Crippen LogP) is 4.73. The summed E-state index contributed by atoms with van der Waals surface area (Å²) in [6.45, 7) is -1.02. The molecule has 1 fully saturated rings. The van der Waals surface area contributed by atoms with Crippen molar-refractivity contribution in [1.29, 1.82) is 5.41 Å². The Morgan fingerprint density at radius 2 is 1.73 bits per heavy atom. The third-order valence-electron chi connectivity index (χ3n) is 6.90. The zero-order valence-electron chi connectivity index (χ0n) is 23.2. The molecule has 44 heavy (non-hydrogen) atoms. The molecule has 3 aromatic rings. The SMILES string of the molecule is C[C@@H](NC(=O)C1C[C@](F)(CF)CN1C(=O)CNC(=O)c1ccc(Oc2ccc(C(F)(F)F)cc2)cc1)c1cc(C(=N)N)cs1. The highest BCUT2D eigenvalue weighted by Gasteiger charge is 2.49. The molecule has 15 heteroatoms. The first kappa shape index (κ1) is 32.4. The van der Waals surface area contributed by atoms with Gasteiger partial charge in [-0.1, -0.05) is 0 Å². The van der Waals surface area contributed by atoms with E-state index in [0.717, 1.165) is 29.2 Å². The summed E-state index contributed by atoms with van der Waals surface area (Å²) in [4.78, 5) is 40.3. The highest BCUT2D eigenvalue weighted by atomic mass is 32.1. The Hall–Kier alpha value is -4.53. The molecule has 3 atom stereocenters. The average molecular weight is 638 g/mol. The highest BCUT2D eigenvalue weighted by molar-refractivity contribution is 7.10. The number of nitrogens with zero attached hydrogens (tertiary/aromatic N) is 1. The average Bonchev–Trinajstić information content (AvgIpc) is 3.62. The molecule has 2 heterocycles. The Morgan fingerprint density at radius 1 is 1.11 bits per heavy atom. The molecule has 1 saturated heterocycles. The maximum atomic E-state index is 15.0. The van der Waals surface area contributed by atoms with Crippen LogP contribution in [0.1, 0.15) is 45.7 Å². The standard InChI is InChI=1S/C29H28F5N5O4S/c1-16(23-10-18(13-44-23)25(35)36)38-27(42)22-11-28(31,14-30)15-39(22)24(40)12-37-26(41)17-2-6-20(7-3-17)43-21-8-4-19(5-9-21)29(32,33)34/h2-10,13,16,22H,11-12,14-15H2,1H3,(H3,35,36)(H,37,41)(H,38,42)/t16-,22?,28+/m1/s1. The van der Waals surface area contributed by atoms with Gasteiger partial charge in [0.25, 0.3) is 5.91 Å². The number of amides is 3. The fraction of sp³-hybridized carbons (Fsp3) is 0.310. The van der Waals surface area contributed by atoms with Crippen LogP contribution in [0.15, 0.2) is 60.0 Å². The number of hydrogen-bond donors (Lipinski definition) is 4. The molecule has 9 nitrogen and oxygen atoms in total. The van der Waals surface area contributed by atoms with Gasteiger partial charge in [0.15, 0.2) is 5.67 Å². The monoisotopic (exact) mass is 637 g/mol. The van der Waals surface area contributed by atoms with Crippen molar-refractivity contribution in [1.82, 2.24) is 15.5 Å². The minimum absolute atomic E-state index is 0.117. The van der Waals surface area contributed by atoms with E-state index in [-0.39, 0.29) is 22.9 Å². The number of likely N-dealkylation sites (tertiary alicyclic amines) is 1. The molecule has 1 aliphatic rings. The lowest BCUT2D eigenvalue weighted by Crippen LogP contribution is -2.49. The van der Waals surface area contributed by atoms with Crippen molar-refractivity contribution in [2.45, 2.75) is 37.3 Å². The van der Waals surface area contributed by atoms with Crippen LogP contribution in [0.3, 0.4) is 0 Å². The molecule has 3 amide bonds. The number of nitrogens with two attached hydrogens (primary N) is 1. The number of nitrogen functional groups attached to an aromatic ring is 1. The number of ether oxygens (including phenoxy) is 1. The second-order valence-electron chi connectivity index (χ2n) is 10.2. The van der Waals surface area contributed by atoms with Crippen LogP contribution in [-0.2, 0) is 15.8 Å². The van der Waals surface area contributed by atoms with Crippen LogP contribution in [0.2, 0.25) is 0 Å². The largest absolute Gasteiger partial charge is 0.457 e. The van der Waals surface area contributed by atoms with Gasteiger partial charge in [0, 0.05) is 27.8 Å². The number of amidine groups is 1. The van der Waals surface area contributed by atoms with Gasteiger partial charge in [-0.25, -0.2) is 8.78 Å². The van der Waals surface area contributed by atoms with Gasteiger partial charge < -0.3 is 26.0 Å². The van der Waals surface area contributed by atoms with Gasteiger partial charge in [-0.15, -0.1) is 11.3 Å². The molecule has 1 unspecified atom stereocenters. The van der Waals surface area contributed by atoms with Gasteiger partial charge in [0.2, 0.25) is 11.8 Å². The van der Waals surface area contributed by atoms with Crippen molar-refractivity contribution >= 4 is 34.9 Å². The summed E-state index contributed by atoms with van der Waals surface area (Å²) in [5, 5.41) is 14.2. The molecular formula is C29H28F5N5O4S. The van der Waals surface area contributed by atoms with Crippen LogP contribution in [-0.4, -0.2) is 59.9 Å². The minimum atomic E-state index is -4.48. The van der Waals surface area contributed by atoms with E-state index in [0.29, 0.717) is 10.4 Å². The van der Waals surface area contributed by atoms with Gasteiger partial charge in [-0.3, -0.25) is 19.8 Å². The van der Waals surface area contributed by atoms with Crippen molar-refractivity contribution in [2.24, 2.45) is 5.73 Å². The number of halogens is 5. The number of alkyl halides is 5. The summed E-state index contributed by atoms with van der Waals surface area (Å²) in [6, 6.07) is 9.34. The third-order valence-corrected chi connectivity index (χ3v) is 8.02. The lowest BCUT2D eigenvalue weighted by atomic mass is 10.0. The molecule has 1 aromatic heterocycles. The minimum Gasteiger partial charge on any atom is -0.457 e. The molecule has 5 N–H and O–H groups in total. The second-order valence-corrected chi connectivity index (χ2v) is 11.2. The molecule has 0 radical (unpaired) electrons. The van der Waals surface area contributed by atoms with Crippen LogP contribution in [0.5, 0.6) is 11.5 Å². The quantitative estimate of drug-likeness (QED) is 0.145. The molecule has 0 saturated carbocycles. The summed E-state index contributed by atoms with van der Waals surface area (Å²) < 4.78 is 72.3. The molecule has 234 valence electrons. The predicted molar refractivity (Wildman–Crippen MR) is 152 cm³/mol. The summed E-state index contributed by atoms with van der Waals surface area (Å²) in [6.07, 6.45) is -5.05. The first-order valence-electron chi connectivity index (χ1n) is 13.2. The summed E-state index contributed by atoms with van der Waals surface area (Å²) >= 11 is 1.25. The molecule has 2 aromatic carbocycles. The first-order valence-corrected chi connectivity index (χ1v) is 14.1. The number of carbonyl (C=O) groups excluding carboxylic acids is 3. The molecular weight excluding hydrogens is 609 g/mol. The Bertz CT molecular complexity index is 1530. The lowest BCUT2D eigenvalue weighted by molar-refractivity contribution is -0.138. The van der Waals surface area contributed by atoms with E-state index in [4.69, 9.17) is 15.9 Å². The first-order chi connectivity index (χ1) is 20.7. The van der Waals surface area contributed by atoms with Crippen LogP contribution in [0.4, 0.5) is 22.0 Å². The van der Waals surface area contributed by atoms with Crippen molar-refractivity contribution in [2.75, 3.05) is 19.8 Å². The molecule has 4 rings (SSSR count). The zero-order valence-corrected chi connectivity index (χ0v) is 24.0. The van der Waals surface area contributed by atoms with Crippen LogP contribution < -0.4 is 21.1 Å². The zero-order chi connectivity index (χ0) is 32.2. The van der Waals surface area contributed by atoms with Crippen LogP contribution in [0, 0.1) is 5.41 Å². The Balaban J connectivity index is 1.35. The van der Waals surface area contributed by atoms with Crippen molar-refractivity contribution in [3.8, 4) is 11.5 Å². The van der Waals surface area contributed by atoms with E-state index in [9.17, 15) is 31.9 Å². The number of hydrogen-bond acceptors (Lipinski definition) is 6. The van der Waals surface area contributed by atoms with E-state index in [1.165, 1.54) is 35.6 Å². The number of carbonyl (C=O) groups is 3. The number of benzene rings is 2. The maximum Gasteiger partial charge on any atom is 0.416 e. The number of thiophene rings is 1. The smallest absolute Gasteiger partial charge is 0.416 e. The Kier molecular flexibility index (Phi) is 9.56. The van der Waals surface area contributed by atoms with Crippen molar-refractivity contribution in [3.63, 3.8) is 0 Å². The van der Waals surface area contributed by atoms with Crippen LogP contribution in [0.25, 0.3) is 0 Å². The van der Waals surface area contributed by atoms with E-state index < -0.39 is 73.4 Å². The topological polar surface area (TPSA) is 138 Å². The van der Waals surface area contributed by atoms with E-state index in [2.05, 4.69) is 10.6 Å². The van der Waals surface area contributed by atoms with Crippen molar-refractivity contribution < 1.29 is 41.1 Å². The van der Waals surface area contributed by atoms with Gasteiger partial charge in [0.1, 0.15) is 30.1 Å². The summed E-state index contributed by atoms with van der Waals surface area (Å²) in [7, 11) is 0. The highest BCUT2D eigenvalue weighted by Crippen LogP contribution is 2.33. The van der Waals surface area contributed by atoms with E-state index in [1.807, 2.05) is 0 Å². The maximum absolute atomic E-state index is 15.0. The Labute approximate surface area is 252 Å². The normalized spacial score (nSPS) is 18.9. The number of nitrogens with one attached hydrogen (secondary N) is 3. The molecule has 0 bridgehead atoms. The third kappa shape index (κ3) is 7.70. The van der Waals surface area contributed by atoms with E-state index >= 15 is 4.39 Å². The summed E-state index contributed by atoms with van der Waals surface area (Å²) in [5.74, 6) is -1.93.